The van der Waals surface area contributed by atoms with Gasteiger partial charge in [-0.2, -0.15) is 0 Å². The minimum absolute atomic E-state index is 0.130. The summed E-state index contributed by atoms with van der Waals surface area (Å²) >= 11 is 0. The van der Waals surface area contributed by atoms with Gasteiger partial charge in [0.05, 0.1) is 20.8 Å². The lowest BCUT2D eigenvalue weighted by atomic mass is 10.3. The summed E-state index contributed by atoms with van der Waals surface area (Å²) in [6.45, 7) is 2.95. The molecule has 0 radical (unpaired) electrons. The van der Waals surface area contributed by atoms with E-state index in [9.17, 15) is 9.59 Å². The highest BCUT2D eigenvalue weighted by Gasteiger charge is 2.20. The lowest BCUT2D eigenvalue weighted by Gasteiger charge is -2.21. The van der Waals surface area contributed by atoms with Crippen LogP contribution in [0.5, 0.6) is 5.75 Å². The first kappa shape index (κ1) is 17.1. The Labute approximate surface area is 136 Å². The van der Waals surface area contributed by atoms with Crippen LogP contribution in [0.25, 0.3) is 0 Å². The molecule has 1 aromatic carbocycles. The van der Waals surface area contributed by atoms with Crippen molar-refractivity contribution in [2.75, 3.05) is 52.3 Å². The highest BCUT2D eigenvalue weighted by Crippen LogP contribution is 2.15. The molecule has 0 atom stereocenters. The van der Waals surface area contributed by atoms with Gasteiger partial charge in [0.1, 0.15) is 5.75 Å². The largest absolute Gasteiger partial charge is 0.497 e. The van der Waals surface area contributed by atoms with Crippen molar-refractivity contribution in [3.05, 3.63) is 24.3 Å². The Kier molecular flexibility index (Phi) is 6.22. The van der Waals surface area contributed by atoms with E-state index in [1.807, 2.05) is 4.90 Å². The Bertz CT molecular complexity index is 533. The number of urea groups is 1. The van der Waals surface area contributed by atoms with E-state index in [0.29, 0.717) is 19.6 Å². The van der Waals surface area contributed by atoms with Gasteiger partial charge in [-0.25, -0.2) is 4.79 Å². The summed E-state index contributed by atoms with van der Waals surface area (Å²) in [6, 6.07) is 7.08. The Morgan fingerprint density at radius 3 is 2.48 bits per heavy atom. The maximum absolute atomic E-state index is 12.3. The average molecular weight is 321 g/mol. The number of hydrogen-bond donors (Lipinski definition) is 1. The average Bonchev–Trinajstić information content (AvgIpc) is 2.81. The molecule has 1 aliphatic rings. The van der Waals surface area contributed by atoms with Crippen LogP contribution in [0.3, 0.4) is 0 Å². The summed E-state index contributed by atoms with van der Waals surface area (Å²) in [5.41, 5.74) is 0.728. The number of hydrogen-bond acceptors (Lipinski definition) is 5. The van der Waals surface area contributed by atoms with Crippen molar-refractivity contribution in [3.8, 4) is 5.75 Å². The number of carbonyl (C=O) groups is 2. The zero-order valence-electron chi connectivity index (χ0n) is 13.6. The first-order chi connectivity index (χ1) is 11.1. The zero-order valence-corrected chi connectivity index (χ0v) is 13.6. The van der Waals surface area contributed by atoms with Crippen LogP contribution in [0, 0.1) is 0 Å². The van der Waals surface area contributed by atoms with Gasteiger partial charge in [-0.1, -0.05) is 0 Å². The van der Waals surface area contributed by atoms with Crippen molar-refractivity contribution in [2.45, 2.75) is 6.42 Å². The second-order valence-electron chi connectivity index (χ2n) is 5.35. The van der Waals surface area contributed by atoms with Gasteiger partial charge >= 0.3 is 12.0 Å². The molecule has 7 nitrogen and oxygen atoms in total. The summed E-state index contributed by atoms with van der Waals surface area (Å²) in [7, 11) is 2.99. The van der Waals surface area contributed by atoms with Crippen LogP contribution in [-0.4, -0.2) is 68.7 Å². The molecule has 0 aromatic heterocycles. The van der Waals surface area contributed by atoms with Gasteiger partial charge in [0.15, 0.2) is 0 Å². The summed E-state index contributed by atoms with van der Waals surface area (Å²) in [5.74, 6) is 0.498. The van der Waals surface area contributed by atoms with Gasteiger partial charge < -0.3 is 19.7 Å². The van der Waals surface area contributed by atoms with Crippen molar-refractivity contribution < 1.29 is 19.1 Å². The lowest BCUT2D eigenvalue weighted by Crippen LogP contribution is -2.39. The number of methoxy groups -OCH3 is 2. The van der Waals surface area contributed by atoms with Crippen LogP contribution in [0.4, 0.5) is 10.5 Å². The minimum atomic E-state index is -0.249. The second kappa shape index (κ2) is 8.38. The van der Waals surface area contributed by atoms with Gasteiger partial charge in [-0.15, -0.1) is 0 Å². The van der Waals surface area contributed by atoms with E-state index in [-0.39, 0.29) is 18.5 Å². The smallest absolute Gasteiger partial charge is 0.321 e. The summed E-state index contributed by atoms with van der Waals surface area (Å²) < 4.78 is 9.78. The van der Waals surface area contributed by atoms with Gasteiger partial charge in [-0.3, -0.25) is 9.69 Å². The first-order valence-electron chi connectivity index (χ1n) is 7.61. The molecule has 23 heavy (non-hydrogen) atoms. The van der Waals surface area contributed by atoms with E-state index in [4.69, 9.17) is 4.74 Å². The van der Waals surface area contributed by atoms with Crippen LogP contribution < -0.4 is 10.1 Å². The molecule has 0 aliphatic carbocycles. The van der Waals surface area contributed by atoms with Crippen LogP contribution in [-0.2, 0) is 9.53 Å². The second-order valence-corrected chi connectivity index (χ2v) is 5.35. The number of benzene rings is 1. The van der Waals surface area contributed by atoms with Crippen molar-refractivity contribution in [3.63, 3.8) is 0 Å². The van der Waals surface area contributed by atoms with Crippen LogP contribution in [0.15, 0.2) is 24.3 Å². The molecule has 1 saturated heterocycles. The third kappa shape index (κ3) is 5.14. The van der Waals surface area contributed by atoms with Crippen molar-refractivity contribution in [1.29, 1.82) is 0 Å². The normalized spacial score (nSPS) is 15.7. The molecule has 1 heterocycles. The standard InChI is InChI=1S/C16H23N3O4/c1-22-14-6-4-13(5-7-14)17-16(21)19-9-3-8-18(10-11-19)12-15(20)23-2/h4-7H,3,8-12H2,1-2H3,(H,17,21). The monoisotopic (exact) mass is 321 g/mol. The Balaban J connectivity index is 1.86. The van der Waals surface area contributed by atoms with E-state index < -0.39 is 0 Å². The Morgan fingerprint density at radius 1 is 1.09 bits per heavy atom. The Morgan fingerprint density at radius 2 is 1.83 bits per heavy atom. The number of ether oxygens (including phenoxy) is 2. The fraction of sp³-hybridized carbons (Fsp3) is 0.500. The number of anilines is 1. The molecule has 7 heteroatoms. The number of nitrogens with one attached hydrogen (secondary N) is 1. The number of rotatable bonds is 4. The van der Waals surface area contributed by atoms with Crippen molar-refractivity contribution in [2.24, 2.45) is 0 Å². The molecular formula is C16H23N3O4. The Hall–Kier alpha value is -2.28. The molecule has 2 amide bonds. The molecule has 126 valence electrons. The molecule has 1 N–H and O–H groups in total. The first-order valence-corrected chi connectivity index (χ1v) is 7.61. The van der Waals surface area contributed by atoms with Gasteiger partial charge in [-0.05, 0) is 30.7 Å². The van der Waals surface area contributed by atoms with E-state index in [1.165, 1.54) is 7.11 Å². The zero-order chi connectivity index (χ0) is 16.7. The van der Waals surface area contributed by atoms with E-state index in [1.54, 1.807) is 36.3 Å². The van der Waals surface area contributed by atoms with Crippen molar-refractivity contribution >= 4 is 17.7 Å². The third-order valence-electron chi connectivity index (χ3n) is 3.80. The number of nitrogens with zero attached hydrogens (tertiary/aromatic N) is 2. The molecule has 0 bridgehead atoms. The van der Waals surface area contributed by atoms with Gasteiger partial charge in [0.25, 0.3) is 0 Å². The summed E-state index contributed by atoms with van der Waals surface area (Å²) in [6.07, 6.45) is 0.826. The van der Waals surface area contributed by atoms with Crippen molar-refractivity contribution in [1.82, 2.24) is 9.80 Å². The van der Waals surface area contributed by atoms with Gasteiger partial charge in [0, 0.05) is 31.9 Å². The molecule has 2 rings (SSSR count). The topological polar surface area (TPSA) is 71.1 Å². The summed E-state index contributed by atoms with van der Waals surface area (Å²) in [5, 5.41) is 2.88. The predicted molar refractivity (Wildman–Crippen MR) is 86.7 cm³/mol. The third-order valence-corrected chi connectivity index (χ3v) is 3.80. The fourth-order valence-corrected chi connectivity index (χ4v) is 2.46. The van der Waals surface area contributed by atoms with E-state index >= 15 is 0 Å². The van der Waals surface area contributed by atoms with E-state index in [0.717, 1.165) is 24.4 Å². The van der Waals surface area contributed by atoms with Crippen LogP contribution in [0.2, 0.25) is 0 Å². The molecular weight excluding hydrogens is 298 g/mol. The number of amides is 2. The molecule has 0 spiro atoms. The molecule has 1 fully saturated rings. The van der Waals surface area contributed by atoms with Crippen LogP contribution >= 0.6 is 0 Å². The molecule has 0 saturated carbocycles. The lowest BCUT2D eigenvalue weighted by molar-refractivity contribution is -0.141. The fourth-order valence-electron chi connectivity index (χ4n) is 2.46. The molecule has 1 aliphatic heterocycles. The SMILES string of the molecule is COC(=O)CN1CCCN(C(=O)Nc2ccc(OC)cc2)CC1. The highest BCUT2D eigenvalue weighted by molar-refractivity contribution is 5.89. The quantitative estimate of drug-likeness (QED) is 0.849. The minimum Gasteiger partial charge on any atom is -0.497 e. The number of carbonyl (C=O) groups excluding carboxylic acids is 2. The maximum Gasteiger partial charge on any atom is 0.321 e. The van der Waals surface area contributed by atoms with Gasteiger partial charge in [0.2, 0.25) is 0 Å². The number of esters is 1. The molecule has 1 aromatic rings. The van der Waals surface area contributed by atoms with Crippen LogP contribution in [0.1, 0.15) is 6.42 Å². The highest BCUT2D eigenvalue weighted by atomic mass is 16.5. The maximum atomic E-state index is 12.3. The van der Waals surface area contributed by atoms with E-state index in [2.05, 4.69) is 10.1 Å². The summed E-state index contributed by atoms with van der Waals surface area (Å²) in [4.78, 5) is 27.4. The molecule has 0 unspecified atom stereocenters. The predicted octanol–water partition coefficient (Wildman–Crippen LogP) is 1.41.